The summed E-state index contributed by atoms with van der Waals surface area (Å²) in [5.74, 6) is -0.224. The maximum absolute atomic E-state index is 12.3. The van der Waals surface area contributed by atoms with Crippen LogP contribution in [0.5, 0.6) is 0 Å². The zero-order valence-corrected chi connectivity index (χ0v) is 11.9. The van der Waals surface area contributed by atoms with Crippen molar-refractivity contribution in [3.8, 4) is 6.07 Å². The number of carbonyl (C=O) groups is 1. The number of nitrogens with one attached hydrogen (secondary N) is 1. The summed E-state index contributed by atoms with van der Waals surface area (Å²) in [6.07, 6.45) is 2.48. The monoisotopic (exact) mass is 268 g/mol. The minimum Gasteiger partial charge on any atom is -0.396 e. The van der Waals surface area contributed by atoms with E-state index in [4.69, 9.17) is 4.74 Å². The number of nitriles is 1. The van der Waals surface area contributed by atoms with E-state index in [1.807, 2.05) is 13.8 Å². The van der Waals surface area contributed by atoms with E-state index in [1.54, 1.807) is 0 Å². The molecular weight excluding hydrogens is 244 g/mol. The van der Waals surface area contributed by atoms with Gasteiger partial charge in [0.05, 0.1) is 12.7 Å². The van der Waals surface area contributed by atoms with Crippen LogP contribution in [-0.4, -0.2) is 37.4 Å². The van der Waals surface area contributed by atoms with Crippen molar-refractivity contribution in [1.29, 1.82) is 5.26 Å². The van der Waals surface area contributed by atoms with Crippen molar-refractivity contribution in [2.24, 2.45) is 10.8 Å². The largest absolute Gasteiger partial charge is 0.396 e. The van der Waals surface area contributed by atoms with Gasteiger partial charge in [-0.3, -0.25) is 4.79 Å². The Hall–Kier alpha value is -1.12. The van der Waals surface area contributed by atoms with Crippen molar-refractivity contribution in [3.63, 3.8) is 0 Å². The molecule has 5 nitrogen and oxygen atoms in total. The van der Waals surface area contributed by atoms with Gasteiger partial charge < -0.3 is 15.2 Å². The third kappa shape index (κ3) is 3.46. The van der Waals surface area contributed by atoms with E-state index < -0.39 is 5.41 Å². The van der Waals surface area contributed by atoms with Crippen molar-refractivity contribution in [2.45, 2.75) is 39.5 Å². The molecule has 0 saturated carbocycles. The minimum atomic E-state index is -0.957. The van der Waals surface area contributed by atoms with Crippen LogP contribution < -0.4 is 5.32 Å². The van der Waals surface area contributed by atoms with Gasteiger partial charge in [0.1, 0.15) is 5.41 Å². The van der Waals surface area contributed by atoms with Gasteiger partial charge in [0.25, 0.3) is 0 Å². The zero-order chi connectivity index (χ0) is 14.4. The molecule has 1 fully saturated rings. The first-order chi connectivity index (χ1) is 9.08. The number of aliphatic hydroxyl groups is 1. The van der Waals surface area contributed by atoms with Crippen LogP contribution in [0.4, 0.5) is 0 Å². The highest BCUT2D eigenvalue weighted by Crippen LogP contribution is 2.31. The van der Waals surface area contributed by atoms with Crippen molar-refractivity contribution in [2.75, 3.05) is 26.4 Å². The van der Waals surface area contributed by atoms with Crippen LogP contribution in [0.15, 0.2) is 0 Å². The van der Waals surface area contributed by atoms with Crippen molar-refractivity contribution in [3.05, 3.63) is 0 Å². The maximum Gasteiger partial charge on any atom is 0.240 e. The molecule has 1 aliphatic heterocycles. The average Bonchev–Trinajstić information content (AvgIpc) is 2.49. The molecule has 0 atom stereocenters. The average molecular weight is 268 g/mol. The quantitative estimate of drug-likeness (QED) is 0.759. The van der Waals surface area contributed by atoms with Crippen molar-refractivity contribution < 1.29 is 14.6 Å². The molecule has 1 rings (SSSR count). The second-order valence-corrected chi connectivity index (χ2v) is 5.35. The molecule has 0 aromatic heterocycles. The van der Waals surface area contributed by atoms with E-state index in [9.17, 15) is 15.2 Å². The van der Waals surface area contributed by atoms with Gasteiger partial charge in [-0.2, -0.15) is 5.26 Å². The molecule has 0 aromatic rings. The lowest BCUT2D eigenvalue weighted by molar-refractivity contribution is -0.133. The summed E-state index contributed by atoms with van der Waals surface area (Å²) in [6, 6.07) is 2.15. The highest BCUT2D eigenvalue weighted by atomic mass is 16.5. The first-order valence-corrected chi connectivity index (χ1v) is 6.96. The predicted molar refractivity (Wildman–Crippen MR) is 71.2 cm³/mol. The molecule has 0 unspecified atom stereocenters. The van der Waals surface area contributed by atoms with Gasteiger partial charge in [0, 0.05) is 25.2 Å². The second-order valence-electron chi connectivity index (χ2n) is 5.35. The van der Waals surface area contributed by atoms with Crippen molar-refractivity contribution >= 4 is 5.91 Å². The number of aliphatic hydroxyl groups excluding tert-OH is 1. The van der Waals surface area contributed by atoms with E-state index in [2.05, 4.69) is 11.4 Å². The molecule has 1 amide bonds. The summed E-state index contributed by atoms with van der Waals surface area (Å²) in [4.78, 5) is 12.3. The number of rotatable bonds is 6. The normalized spacial score (nSPS) is 18.6. The molecule has 1 saturated heterocycles. The Bertz CT molecular complexity index is 331. The van der Waals surface area contributed by atoms with Gasteiger partial charge in [0.2, 0.25) is 5.91 Å². The van der Waals surface area contributed by atoms with E-state index in [-0.39, 0.29) is 17.9 Å². The molecule has 0 aliphatic carbocycles. The SMILES string of the molecule is CCC(CC)(CO)CNC(=O)C1(C#N)CCOCC1. The molecule has 108 valence electrons. The lowest BCUT2D eigenvalue weighted by Crippen LogP contribution is -2.48. The molecule has 1 heterocycles. The smallest absolute Gasteiger partial charge is 0.240 e. The fourth-order valence-electron chi connectivity index (χ4n) is 2.33. The molecule has 1 aliphatic rings. The number of hydrogen-bond donors (Lipinski definition) is 2. The number of nitrogens with zero attached hydrogens (tertiary/aromatic N) is 1. The van der Waals surface area contributed by atoms with Gasteiger partial charge in [0.15, 0.2) is 0 Å². The number of hydrogen-bond acceptors (Lipinski definition) is 4. The second kappa shape index (κ2) is 6.88. The van der Waals surface area contributed by atoms with E-state index >= 15 is 0 Å². The third-order valence-electron chi connectivity index (χ3n) is 4.45. The molecule has 19 heavy (non-hydrogen) atoms. The van der Waals surface area contributed by atoms with Crippen LogP contribution >= 0.6 is 0 Å². The fraction of sp³-hybridized carbons (Fsp3) is 0.857. The highest BCUT2D eigenvalue weighted by Gasteiger charge is 2.41. The summed E-state index contributed by atoms with van der Waals surface area (Å²) >= 11 is 0. The Kier molecular flexibility index (Phi) is 5.77. The first-order valence-electron chi connectivity index (χ1n) is 6.96. The lowest BCUT2D eigenvalue weighted by atomic mass is 9.79. The summed E-state index contributed by atoms with van der Waals surface area (Å²) in [6.45, 7) is 5.37. The lowest BCUT2D eigenvalue weighted by Gasteiger charge is -2.33. The Morgan fingerprint density at radius 1 is 1.42 bits per heavy atom. The van der Waals surface area contributed by atoms with E-state index in [0.29, 0.717) is 32.6 Å². The van der Waals surface area contributed by atoms with E-state index in [0.717, 1.165) is 12.8 Å². The fourth-order valence-corrected chi connectivity index (χ4v) is 2.33. The van der Waals surface area contributed by atoms with Gasteiger partial charge in [-0.05, 0) is 25.7 Å². The molecule has 5 heteroatoms. The summed E-state index contributed by atoms with van der Waals surface area (Å²) in [5.41, 5.74) is -1.24. The van der Waals surface area contributed by atoms with E-state index in [1.165, 1.54) is 0 Å². The first kappa shape index (κ1) is 15.9. The van der Waals surface area contributed by atoms with Crippen LogP contribution in [0.2, 0.25) is 0 Å². The summed E-state index contributed by atoms with van der Waals surface area (Å²) < 4.78 is 5.21. The Labute approximate surface area is 114 Å². The van der Waals surface area contributed by atoms with Gasteiger partial charge >= 0.3 is 0 Å². The molecule has 0 bridgehead atoms. The van der Waals surface area contributed by atoms with Crippen LogP contribution in [0.3, 0.4) is 0 Å². The Balaban J connectivity index is 2.66. The summed E-state index contributed by atoms with van der Waals surface area (Å²) in [5, 5.41) is 21.6. The molecule has 2 N–H and O–H groups in total. The van der Waals surface area contributed by atoms with Gasteiger partial charge in [-0.1, -0.05) is 13.8 Å². The molecule has 0 aromatic carbocycles. The topological polar surface area (TPSA) is 82.4 Å². The zero-order valence-electron chi connectivity index (χ0n) is 11.9. The third-order valence-corrected chi connectivity index (χ3v) is 4.45. The molecule has 0 spiro atoms. The minimum absolute atomic E-state index is 0.0446. The van der Waals surface area contributed by atoms with Gasteiger partial charge in [-0.15, -0.1) is 0 Å². The Morgan fingerprint density at radius 2 is 2.00 bits per heavy atom. The molecule has 0 radical (unpaired) electrons. The number of amides is 1. The number of ether oxygens (including phenoxy) is 1. The molecular formula is C14H24N2O3. The van der Waals surface area contributed by atoms with Crippen LogP contribution in [0.1, 0.15) is 39.5 Å². The maximum atomic E-state index is 12.3. The Morgan fingerprint density at radius 3 is 2.42 bits per heavy atom. The highest BCUT2D eigenvalue weighted by molar-refractivity contribution is 5.85. The van der Waals surface area contributed by atoms with Crippen LogP contribution in [-0.2, 0) is 9.53 Å². The standard InChI is InChI=1S/C14H24N2O3/c1-3-13(4-2,11-17)10-16-12(18)14(9-15)5-7-19-8-6-14/h17H,3-8,10-11H2,1-2H3,(H,16,18). The van der Waals surface area contributed by atoms with Gasteiger partial charge in [-0.25, -0.2) is 0 Å². The predicted octanol–water partition coefficient (Wildman–Crippen LogP) is 1.22. The van der Waals surface area contributed by atoms with Crippen molar-refractivity contribution in [1.82, 2.24) is 5.32 Å². The van der Waals surface area contributed by atoms with Crippen LogP contribution in [0.25, 0.3) is 0 Å². The van der Waals surface area contributed by atoms with Crippen LogP contribution in [0, 0.1) is 22.2 Å². The number of carbonyl (C=O) groups excluding carboxylic acids is 1. The summed E-state index contributed by atoms with van der Waals surface area (Å²) in [7, 11) is 0.